The molecule has 3 aromatic rings. The number of aromatic nitrogens is 3. The van der Waals surface area contributed by atoms with Crippen LogP contribution in [0.25, 0.3) is 22.0 Å². The van der Waals surface area contributed by atoms with Gasteiger partial charge < -0.3 is 21.3 Å². The molecule has 9 nitrogen and oxygen atoms in total. The van der Waals surface area contributed by atoms with Crippen LogP contribution >= 0.6 is 0 Å². The summed E-state index contributed by atoms with van der Waals surface area (Å²) in [7, 11) is 1.81. The van der Waals surface area contributed by atoms with E-state index >= 15 is 0 Å². The molecule has 2 fully saturated rings. The lowest BCUT2D eigenvalue weighted by Gasteiger charge is -2.33. The van der Waals surface area contributed by atoms with Gasteiger partial charge in [0.25, 0.3) is 0 Å². The van der Waals surface area contributed by atoms with Gasteiger partial charge in [0.2, 0.25) is 5.91 Å². The summed E-state index contributed by atoms with van der Waals surface area (Å²) in [5.41, 5.74) is 9.78. The molecule has 3 aromatic heterocycles. The van der Waals surface area contributed by atoms with Crippen LogP contribution in [0, 0.1) is 6.92 Å². The van der Waals surface area contributed by atoms with Crippen molar-refractivity contribution in [1.82, 2.24) is 25.2 Å². The van der Waals surface area contributed by atoms with Crippen molar-refractivity contribution < 1.29 is 9.59 Å². The minimum atomic E-state index is -0.212. The van der Waals surface area contributed by atoms with Crippen molar-refractivity contribution >= 4 is 34.3 Å². The summed E-state index contributed by atoms with van der Waals surface area (Å²) >= 11 is 0. The van der Waals surface area contributed by atoms with Crippen molar-refractivity contribution in [2.75, 3.05) is 24.6 Å². The quantitative estimate of drug-likeness (QED) is 0.518. The molecule has 0 aromatic carbocycles. The van der Waals surface area contributed by atoms with Crippen LogP contribution in [0.15, 0.2) is 48.4 Å². The van der Waals surface area contributed by atoms with Crippen molar-refractivity contribution in [2.24, 2.45) is 0 Å². The van der Waals surface area contributed by atoms with E-state index in [1.165, 1.54) is 0 Å². The molecule has 5 rings (SSSR count). The number of nitrogens with zero attached hydrogens (tertiary/aromatic N) is 4. The number of allylic oxidation sites excluding steroid dienone is 1. The van der Waals surface area contributed by atoms with Crippen molar-refractivity contribution in [2.45, 2.75) is 38.1 Å². The Morgan fingerprint density at radius 1 is 1.26 bits per heavy atom. The number of nitrogen functional groups attached to an aromatic ring is 1. The molecular formula is C25H27N7O2. The second kappa shape index (κ2) is 8.40. The van der Waals surface area contributed by atoms with Crippen LogP contribution in [0.1, 0.15) is 31.2 Å². The number of hydrogen-bond donors (Lipinski definition) is 3. The van der Waals surface area contributed by atoms with Gasteiger partial charge in [0.15, 0.2) is 0 Å². The van der Waals surface area contributed by atoms with Crippen molar-refractivity contribution in [3.05, 3.63) is 54.0 Å². The second-order valence-corrected chi connectivity index (χ2v) is 9.23. The predicted octanol–water partition coefficient (Wildman–Crippen LogP) is 3.42. The zero-order chi connectivity index (χ0) is 23.9. The van der Waals surface area contributed by atoms with E-state index < -0.39 is 0 Å². The third-order valence-electron chi connectivity index (χ3n) is 6.75. The van der Waals surface area contributed by atoms with Crippen LogP contribution < -0.4 is 16.4 Å². The van der Waals surface area contributed by atoms with Crippen molar-refractivity contribution in [3.63, 3.8) is 0 Å². The van der Waals surface area contributed by atoms with E-state index in [-0.39, 0.29) is 17.5 Å². The molecule has 0 unspecified atom stereocenters. The lowest BCUT2D eigenvalue weighted by molar-refractivity contribution is -0.112. The molecule has 1 aliphatic heterocycles. The van der Waals surface area contributed by atoms with E-state index in [2.05, 4.69) is 25.6 Å². The fourth-order valence-corrected chi connectivity index (χ4v) is 4.82. The second-order valence-electron chi connectivity index (χ2n) is 9.23. The number of urea groups is 1. The average Bonchev–Trinajstić information content (AvgIpc) is 3.08. The van der Waals surface area contributed by atoms with Gasteiger partial charge >= 0.3 is 6.03 Å². The number of nitrogens with two attached hydrogens (primary N) is 1. The third-order valence-corrected chi connectivity index (χ3v) is 6.75. The first-order valence-electron chi connectivity index (χ1n) is 11.3. The smallest absolute Gasteiger partial charge is 0.317 e. The highest BCUT2D eigenvalue weighted by Gasteiger charge is 2.42. The molecule has 0 atom stereocenters. The van der Waals surface area contributed by atoms with Crippen molar-refractivity contribution in [1.29, 1.82) is 0 Å². The van der Waals surface area contributed by atoms with Gasteiger partial charge in [0.05, 0.1) is 11.2 Å². The molecule has 1 saturated heterocycles. The fraction of sp³-hybridized carbons (Fsp3) is 0.320. The maximum atomic E-state index is 12.7. The highest BCUT2D eigenvalue weighted by molar-refractivity contribution is 6.01. The molecule has 3 amide bonds. The van der Waals surface area contributed by atoms with Crippen LogP contribution in [0.3, 0.4) is 0 Å². The molecule has 2 aliphatic rings. The third kappa shape index (κ3) is 4.16. The van der Waals surface area contributed by atoms with E-state index in [9.17, 15) is 9.59 Å². The van der Waals surface area contributed by atoms with E-state index in [4.69, 9.17) is 5.73 Å². The first-order chi connectivity index (χ1) is 16.3. The SMILES string of the molecule is Cc1ccncc1-c1cc2cc(NC(=O)C=C3CCC4(CC3)CN(C)C(=O)N4)ncc2c(N)n1. The van der Waals surface area contributed by atoms with Gasteiger partial charge in [0, 0.05) is 49.2 Å². The normalized spacial score (nSPS) is 20.0. The largest absolute Gasteiger partial charge is 0.383 e. The molecule has 1 saturated carbocycles. The van der Waals surface area contributed by atoms with Crippen LogP contribution in [-0.4, -0.2) is 50.9 Å². The summed E-state index contributed by atoms with van der Waals surface area (Å²) in [6.07, 6.45) is 10.0. The van der Waals surface area contributed by atoms with Gasteiger partial charge in [-0.3, -0.25) is 9.78 Å². The number of aryl methyl sites for hydroxylation is 1. The van der Waals surface area contributed by atoms with Gasteiger partial charge in [-0.05, 0) is 61.8 Å². The predicted molar refractivity (Wildman–Crippen MR) is 131 cm³/mol. The van der Waals surface area contributed by atoms with Gasteiger partial charge in [-0.15, -0.1) is 0 Å². The van der Waals surface area contributed by atoms with Gasteiger partial charge in [-0.2, -0.15) is 0 Å². The summed E-state index contributed by atoms with van der Waals surface area (Å²) in [4.78, 5) is 39.3. The summed E-state index contributed by atoms with van der Waals surface area (Å²) in [5.74, 6) is 0.616. The van der Waals surface area contributed by atoms with E-state index in [0.29, 0.717) is 18.2 Å². The van der Waals surface area contributed by atoms with E-state index in [0.717, 1.165) is 58.8 Å². The first kappa shape index (κ1) is 21.8. The Hall–Kier alpha value is -4.01. The molecule has 9 heteroatoms. The zero-order valence-electron chi connectivity index (χ0n) is 19.3. The fourth-order valence-electron chi connectivity index (χ4n) is 4.82. The molecule has 0 radical (unpaired) electrons. The molecular weight excluding hydrogens is 430 g/mol. The van der Waals surface area contributed by atoms with Gasteiger partial charge in [-0.1, -0.05) is 5.57 Å². The molecule has 174 valence electrons. The Kier molecular flexibility index (Phi) is 5.39. The number of carbonyl (C=O) groups is 2. The van der Waals surface area contributed by atoms with Crippen molar-refractivity contribution in [3.8, 4) is 11.3 Å². The van der Waals surface area contributed by atoms with Gasteiger partial charge in [0.1, 0.15) is 11.6 Å². The first-order valence-corrected chi connectivity index (χ1v) is 11.3. The number of nitrogens with one attached hydrogen (secondary N) is 2. The van der Waals surface area contributed by atoms with E-state index in [1.54, 1.807) is 35.6 Å². The summed E-state index contributed by atoms with van der Waals surface area (Å²) in [6.45, 7) is 2.71. The number of rotatable bonds is 3. The maximum Gasteiger partial charge on any atom is 0.317 e. The van der Waals surface area contributed by atoms with Crippen LogP contribution in [0.2, 0.25) is 0 Å². The Bertz CT molecular complexity index is 1320. The van der Waals surface area contributed by atoms with Crippen LogP contribution in [0.5, 0.6) is 0 Å². The summed E-state index contributed by atoms with van der Waals surface area (Å²) in [6, 6.07) is 5.64. The van der Waals surface area contributed by atoms with E-state index in [1.807, 2.05) is 26.1 Å². The molecule has 1 aliphatic carbocycles. The van der Waals surface area contributed by atoms with Crippen LogP contribution in [-0.2, 0) is 4.79 Å². The highest BCUT2D eigenvalue weighted by atomic mass is 16.2. The number of anilines is 2. The number of carbonyl (C=O) groups excluding carboxylic acids is 2. The standard InChI is InChI=1S/C25H27N7O2/c1-15-5-8-27-12-18(15)20-10-17-11-21(28-13-19(17)23(26)29-20)30-22(33)9-16-3-6-25(7-4-16)14-32(2)24(34)31-25/h5,8-13H,3-4,6-7,14H2,1-2H3,(H2,26,29)(H,31,34)(H,28,30,33). The summed E-state index contributed by atoms with van der Waals surface area (Å²) < 4.78 is 0. The average molecular weight is 458 g/mol. The molecule has 4 N–H and O–H groups in total. The minimum Gasteiger partial charge on any atom is -0.383 e. The number of amides is 3. The Labute approximate surface area is 197 Å². The number of hydrogen-bond acceptors (Lipinski definition) is 6. The lowest BCUT2D eigenvalue weighted by atomic mass is 9.79. The molecule has 4 heterocycles. The van der Waals surface area contributed by atoms with Crippen LogP contribution in [0.4, 0.5) is 16.4 Å². The Balaban J connectivity index is 1.31. The Morgan fingerprint density at radius 3 is 2.76 bits per heavy atom. The summed E-state index contributed by atoms with van der Waals surface area (Å²) in [5, 5.41) is 7.53. The number of likely N-dealkylation sites (N-methyl/N-ethyl adjacent to an activating group) is 1. The molecule has 1 spiro atoms. The lowest BCUT2D eigenvalue weighted by Crippen LogP contribution is -2.45. The Morgan fingerprint density at radius 2 is 2.06 bits per heavy atom. The molecule has 0 bridgehead atoms. The highest BCUT2D eigenvalue weighted by Crippen LogP contribution is 2.35. The monoisotopic (exact) mass is 457 g/mol. The topological polar surface area (TPSA) is 126 Å². The van der Waals surface area contributed by atoms with Gasteiger partial charge in [-0.25, -0.2) is 14.8 Å². The number of fused-ring (bicyclic) bond motifs is 1. The number of pyridine rings is 3. The minimum absolute atomic E-state index is 0.0229. The maximum absolute atomic E-state index is 12.7. The molecule has 34 heavy (non-hydrogen) atoms. The zero-order valence-corrected chi connectivity index (χ0v) is 19.3.